The van der Waals surface area contributed by atoms with E-state index in [2.05, 4.69) is 19.1 Å². The molecule has 1 heterocycles. The van der Waals surface area contributed by atoms with E-state index in [0.717, 1.165) is 32.1 Å². The van der Waals surface area contributed by atoms with E-state index in [1.54, 1.807) is 11.3 Å². The molecule has 2 nitrogen and oxygen atoms in total. The standard InChI is InChI=1S/C12H16O2S/c1-2-9-4-5-10(15-9)8-12(11(13)14)6-3-7-12/h4-5H,2-3,6-8H2,1H3,(H,13,14). The summed E-state index contributed by atoms with van der Waals surface area (Å²) in [6, 6.07) is 4.21. The van der Waals surface area contributed by atoms with Crippen LogP contribution in [0.5, 0.6) is 0 Å². The van der Waals surface area contributed by atoms with Crippen LogP contribution in [0.15, 0.2) is 12.1 Å². The third-order valence-electron chi connectivity index (χ3n) is 3.34. The van der Waals surface area contributed by atoms with Crippen molar-refractivity contribution in [1.29, 1.82) is 0 Å². The first-order chi connectivity index (χ1) is 7.16. The second-order valence-corrected chi connectivity index (χ2v) is 5.59. The van der Waals surface area contributed by atoms with Crippen molar-refractivity contribution in [3.05, 3.63) is 21.9 Å². The quantitative estimate of drug-likeness (QED) is 0.853. The van der Waals surface area contributed by atoms with Crippen LogP contribution in [0.4, 0.5) is 0 Å². The predicted molar refractivity (Wildman–Crippen MR) is 61.3 cm³/mol. The van der Waals surface area contributed by atoms with Gasteiger partial charge >= 0.3 is 5.97 Å². The third-order valence-corrected chi connectivity index (χ3v) is 4.57. The van der Waals surface area contributed by atoms with Crippen LogP contribution in [-0.4, -0.2) is 11.1 Å². The van der Waals surface area contributed by atoms with Crippen molar-refractivity contribution in [1.82, 2.24) is 0 Å². The summed E-state index contributed by atoms with van der Waals surface area (Å²) in [6.07, 6.45) is 4.54. The first-order valence-corrected chi connectivity index (χ1v) is 6.29. The molecule has 0 atom stereocenters. The average Bonchev–Trinajstić information content (AvgIpc) is 2.58. The van der Waals surface area contributed by atoms with E-state index < -0.39 is 11.4 Å². The lowest BCUT2D eigenvalue weighted by molar-refractivity contribution is -0.154. The maximum Gasteiger partial charge on any atom is 0.309 e. The molecule has 0 bridgehead atoms. The smallest absolute Gasteiger partial charge is 0.309 e. The number of rotatable bonds is 4. The summed E-state index contributed by atoms with van der Waals surface area (Å²) in [5, 5.41) is 9.21. The maximum absolute atomic E-state index is 11.2. The predicted octanol–water partition coefficient (Wildman–Crippen LogP) is 3.11. The van der Waals surface area contributed by atoms with Gasteiger partial charge in [0, 0.05) is 9.75 Å². The van der Waals surface area contributed by atoms with Gasteiger partial charge in [0.05, 0.1) is 5.41 Å². The monoisotopic (exact) mass is 224 g/mol. The minimum absolute atomic E-state index is 0.435. The Labute approximate surface area is 93.9 Å². The summed E-state index contributed by atoms with van der Waals surface area (Å²) in [6.45, 7) is 2.13. The molecule has 1 aromatic rings. The number of hydrogen-bond donors (Lipinski definition) is 1. The molecule has 1 aliphatic rings. The van der Waals surface area contributed by atoms with E-state index in [9.17, 15) is 9.90 Å². The molecule has 2 rings (SSSR count). The van der Waals surface area contributed by atoms with Gasteiger partial charge in [0.15, 0.2) is 0 Å². The zero-order chi connectivity index (χ0) is 10.9. The van der Waals surface area contributed by atoms with Gasteiger partial charge in [-0.15, -0.1) is 11.3 Å². The lowest BCUT2D eigenvalue weighted by Crippen LogP contribution is -2.39. The van der Waals surface area contributed by atoms with Gasteiger partial charge in [-0.3, -0.25) is 4.79 Å². The summed E-state index contributed by atoms with van der Waals surface area (Å²) in [5.74, 6) is -0.611. The van der Waals surface area contributed by atoms with Crippen molar-refractivity contribution < 1.29 is 9.90 Å². The minimum atomic E-state index is -0.611. The Bertz CT molecular complexity index is 363. The van der Waals surface area contributed by atoms with E-state index in [4.69, 9.17) is 0 Å². The van der Waals surface area contributed by atoms with Crippen molar-refractivity contribution in [3.63, 3.8) is 0 Å². The van der Waals surface area contributed by atoms with Gasteiger partial charge in [-0.25, -0.2) is 0 Å². The Hall–Kier alpha value is -0.830. The molecule has 1 aromatic heterocycles. The van der Waals surface area contributed by atoms with Gasteiger partial charge in [-0.1, -0.05) is 13.3 Å². The van der Waals surface area contributed by atoms with Gasteiger partial charge < -0.3 is 5.11 Å². The van der Waals surface area contributed by atoms with Crippen LogP contribution in [0.1, 0.15) is 35.9 Å². The summed E-state index contributed by atoms with van der Waals surface area (Å²) in [7, 11) is 0. The molecule has 0 spiro atoms. The van der Waals surface area contributed by atoms with Crippen molar-refractivity contribution in [2.45, 2.75) is 39.0 Å². The first kappa shape index (κ1) is 10.7. The zero-order valence-corrected chi connectivity index (χ0v) is 9.77. The van der Waals surface area contributed by atoms with E-state index in [1.807, 2.05) is 0 Å². The van der Waals surface area contributed by atoms with Crippen molar-refractivity contribution in [3.8, 4) is 0 Å². The topological polar surface area (TPSA) is 37.3 Å². The normalized spacial score (nSPS) is 18.5. The molecule has 1 fully saturated rings. The van der Waals surface area contributed by atoms with E-state index in [0.29, 0.717) is 0 Å². The second-order valence-electron chi connectivity index (χ2n) is 4.34. The van der Waals surface area contributed by atoms with Crippen LogP contribution in [0.2, 0.25) is 0 Å². The Morgan fingerprint density at radius 1 is 1.47 bits per heavy atom. The van der Waals surface area contributed by atoms with Crippen molar-refractivity contribution >= 4 is 17.3 Å². The van der Waals surface area contributed by atoms with Crippen LogP contribution in [0.25, 0.3) is 0 Å². The van der Waals surface area contributed by atoms with Crippen molar-refractivity contribution in [2.24, 2.45) is 5.41 Å². The molecule has 1 saturated carbocycles. The van der Waals surface area contributed by atoms with Crippen LogP contribution in [0, 0.1) is 5.41 Å². The van der Waals surface area contributed by atoms with Gasteiger partial charge in [-0.2, -0.15) is 0 Å². The Balaban J connectivity index is 2.10. The molecule has 0 amide bonds. The number of carboxylic acids is 1. The highest BCUT2D eigenvalue weighted by atomic mass is 32.1. The Morgan fingerprint density at radius 3 is 2.53 bits per heavy atom. The number of aliphatic carboxylic acids is 1. The van der Waals surface area contributed by atoms with Crippen LogP contribution >= 0.6 is 11.3 Å². The van der Waals surface area contributed by atoms with Crippen LogP contribution in [0.3, 0.4) is 0 Å². The lowest BCUT2D eigenvalue weighted by Gasteiger charge is -2.37. The number of carbonyl (C=O) groups is 1. The minimum Gasteiger partial charge on any atom is -0.481 e. The molecule has 15 heavy (non-hydrogen) atoms. The molecule has 0 unspecified atom stereocenters. The lowest BCUT2D eigenvalue weighted by atomic mass is 9.66. The van der Waals surface area contributed by atoms with Crippen LogP contribution < -0.4 is 0 Å². The van der Waals surface area contributed by atoms with Gasteiger partial charge in [-0.05, 0) is 37.8 Å². The number of carboxylic acid groups (broad SMARTS) is 1. The molecule has 1 aliphatic carbocycles. The first-order valence-electron chi connectivity index (χ1n) is 5.47. The van der Waals surface area contributed by atoms with Crippen molar-refractivity contribution in [2.75, 3.05) is 0 Å². The fourth-order valence-corrected chi connectivity index (χ4v) is 3.21. The average molecular weight is 224 g/mol. The Morgan fingerprint density at radius 2 is 2.13 bits per heavy atom. The number of thiophene rings is 1. The summed E-state index contributed by atoms with van der Waals surface area (Å²) >= 11 is 1.76. The molecule has 0 saturated heterocycles. The molecular formula is C12H16O2S. The molecule has 1 N–H and O–H groups in total. The fraction of sp³-hybridized carbons (Fsp3) is 0.583. The fourth-order valence-electron chi connectivity index (χ4n) is 2.11. The molecule has 3 heteroatoms. The second kappa shape index (κ2) is 3.97. The molecular weight excluding hydrogens is 208 g/mol. The summed E-state index contributed by atoms with van der Waals surface area (Å²) in [4.78, 5) is 13.8. The number of hydrogen-bond acceptors (Lipinski definition) is 2. The Kier molecular flexibility index (Phi) is 2.83. The van der Waals surface area contributed by atoms with Gasteiger partial charge in [0.1, 0.15) is 0 Å². The number of aryl methyl sites for hydroxylation is 1. The highest BCUT2D eigenvalue weighted by molar-refractivity contribution is 7.12. The largest absolute Gasteiger partial charge is 0.481 e. The zero-order valence-electron chi connectivity index (χ0n) is 8.95. The van der Waals surface area contributed by atoms with Gasteiger partial charge in [0.2, 0.25) is 0 Å². The molecule has 0 aromatic carbocycles. The van der Waals surface area contributed by atoms with E-state index in [1.165, 1.54) is 9.75 Å². The van der Waals surface area contributed by atoms with E-state index >= 15 is 0 Å². The van der Waals surface area contributed by atoms with Gasteiger partial charge in [0.25, 0.3) is 0 Å². The third kappa shape index (κ3) is 1.93. The molecule has 0 radical (unpaired) electrons. The SMILES string of the molecule is CCc1ccc(CC2(C(=O)O)CCC2)s1. The van der Waals surface area contributed by atoms with Crippen LogP contribution in [-0.2, 0) is 17.6 Å². The summed E-state index contributed by atoms with van der Waals surface area (Å²) in [5.41, 5.74) is -0.435. The summed E-state index contributed by atoms with van der Waals surface area (Å²) < 4.78 is 0. The highest BCUT2D eigenvalue weighted by Gasteiger charge is 2.44. The molecule has 82 valence electrons. The molecule has 0 aliphatic heterocycles. The maximum atomic E-state index is 11.2. The highest BCUT2D eigenvalue weighted by Crippen LogP contribution is 2.44. The van der Waals surface area contributed by atoms with E-state index in [-0.39, 0.29) is 0 Å².